The van der Waals surface area contributed by atoms with Gasteiger partial charge in [-0.05, 0) is 29.6 Å². The van der Waals surface area contributed by atoms with Crippen LogP contribution in [-0.4, -0.2) is 56.6 Å². The summed E-state index contributed by atoms with van der Waals surface area (Å²) in [5, 5.41) is 4.49. The van der Waals surface area contributed by atoms with Crippen LogP contribution >= 0.6 is 11.3 Å². The van der Waals surface area contributed by atoms with Gasteiger partial charge in [0.05, 0.1) is 18.0 Å². The van der Waals surface area contributed by atoms with Crippen LogP contribution in [0.15, 0.2) is 59.3 Å². The first-order valence-electron chi connectivity index (χ1n) is 8.47. The minimum Gasteiger partial charge on any atom is -0.343 e. The topological polar surface area (TPSA) is 86.8 Å². The van der Waals surface area contributed by atoms with Crippen LogP contribution in [0.1, 0.15) is 15.2 Å². The molecule has 1 aromatic carbocycles. The highest BCUT2D eigenvalue weighted by molar-refractivity contribution is 7.89. The summed E-state index contributed by atoms with van der Waals surface area (Å²) in [5.41, 5.74) is 0.171. The minimum atomic E-state index is -3.65. The summed E-state index contributed by atoms with van der Waals surface area (Å²) < 4.78 is 25.5. The molecule has 7 nitrogen and oxygen atoms in total. The van der Waals surface area contributed by atoms with E-state index in [1.807, 2.05) is 17.5 Å². The smallest absolute Gasteiger partial charge is 0.251 e. The molecule has 0 aliphatic heterocycles. The second-order valence-electron chi connectivity index (χ2n) is 6.14. The molecule has 9 heteroatoms. The van der Waals surface area contributed by atoms with Gasteiger partial charge in [-0.1, -0.05) is 18.2 Å². The van der Waals surface area contributed by atoms with Crippen molar-refractivity contribution in [3.63, 3.8) is 0 Å². The number of carbonyl (C=O) groups excluding carboxylic acids is 2. The molecular formula is C19H23N3O4S2. The largest absolute Gasteiger partial charge is 0.343 e. The average molecular weight is 422 g/mol. The van der Waals surface area contributed by atoms with Gasteiger partial charge in [0.2, 0.25) is 15.9 Å². The Bertz CT molecular complexity index is 938. The molecule has 1 N–H and O–H groups in total. The quantitative estimate of drug-likeness (QED) is 0.627. The van der Waals surface area contributed by atoms with Gasteiger partial charge in [-0.2, -0.15) is 0 Å². The summed E-state index contributed by atoms with van der Waals surface area (Å²) in [5.74, 6) is -0.766. The average Bonchev–Trinajstić information content (AvgIpc) is 3.18. The highest BCUT2D eigenvalue weighted by Gasteiger charge is 2.19. The Morgan fingerprint density at radius 2 is 1.96 bits per heavy atom. The lowest BCUT2D eigenvalue weighted by atomic mass is 10.2. The van der Waals surface area contributed by atoms with Crippen molar-refractivity contribution in [2.24, 2.45) is 0 Å². The van der Waals surface area contributed by atoms with E-state index < -0.39 is 15.9 Å². The number of nitrogens with zero attached hydrogens (tertiary/aromatic N) is 2. The molecule has 150 valence electrons. The lowest BCUT2D eigenvalue weighted by Gasteiger charge is -2.20. The third-order valence-electron chi connectivity index (χ3n) is 3.90. The predicted octanol–water partition coefficient (Wildman–Crippen LogP) is 1.94. The zero-order valence-electron chi connectivity index (χ0n) is 15.8. The standard InChI is InChI=1S/C19H23N3O4S2/c1-4-10-22(14-16-8-6-11-27-16)18(23)13-20-19(24)15-7-5-9-17(12-15)28(25,26)21(2)3/h4-9,11-12H,1,10,13-14H2,2-3H3,(H,20,24). The number of benzene rings is 1. The Kier molecular flexibility index (Phi) is 7.50. The number of hydrogen-bond donors (Lipinski definition) is 1. The first-order valence-corrected chi connectivity index (χ1v) is 10.8. The summed E-state index contributed by atoms with van der Waals surface area (Å²) >= 11 is 1.55. The minimum absolute atomic E-state index is 0.0162. The second kappa shape index (κ2) is 9.63. The molecule has 0 spiro atoms. The number of nitrogens with one attached hydrogen (secondary N) is 1. The third kappa shape index (κ3) is 5.51. The fourth-order valence-electron chi connectivity index (χ4n) is 2.38. The van der Waals surface area contributed by atoms with Crippen molar-refractivity contribution in [2.45, 2.75) is 11.4 Å². The van der Waals surface area contributed by atoms with Crippen LogP contribution < -0.4 is 5.32 Å². The third-order valence-corrected chi connectivity index (χ3v) is 6.58. The number of sulfonamides is 1. The van der Waals surface area contributed by atoms with Gasteiger partial charge in [-0.15, -0.1) is 17.9 Å². The molecule has 0 saturated heterocycles. The van der Waals surface area contributed by atoms with Crippen molar-refractivity contribution in [1.29, 1.82) is 0 Å². The summed E-state index contributed by atoms with van der Waals surface area (Å²) in [7, 11) is -0.807. The number of carbonyl (C=O) groups is 2. The van der Waals surface area contributed by atoms with Crippen LogP contribution in [-0.2, 0) is 21.4 Å². The highest BCUT2D eigenvalue weighted by atomic mass is 32.2. The van der Waals surface area contributed by atoms with E-state index in [1.165, 1.54) is 38.4 Å². The summed E-state index contributed by atoms with van der Waals surface area (Å²) in [6.45, 7) is 4.28. The Hall–Kier alpha value is -2.49. The van der Waals surface area contributed by atoms with Gasteiger partial charge in [-0.3, -0.25) is 9.59 Å². The van der Waals surface area contributed by atoms with E-state index in [9.17, 15) is 18.0 Å². The van der Waals surface area contributed by atoms with Crippen LogP contribution in [0.3, 0.4) is 0 Å². The van der Waals surface area contributed by atoms with Crippen molar-refractivity contribution in [3.05, 3.63) is 64.9 Å². The van der Waals surface area contributed by atoms with Gasteiger partial charge in [0, 0.05) is 31.1 Å². The molecule has 0 saturated carbocycles. The van der Waals surface area contributed by atoms with Crippen molar-refractivity contribution in [3.8, 4) is 0 Å². The van der Waals surface area contributed by atoms with Crippen LogP contribution in [0.2, 0.25) is 0 Å². The predicted molar refractivity (Wildman–Crippen MR) is 110 cm³/mol. The first-order chi connectivity index (χ1) is 13.3. The first kappa shape index (κ1) is 21.8. The molecule has 0 atom stereocenters. The van der Waals surface area contributed by atoms with Crippen molar-refractivity contribution < 1.29 is 18.0 Å². The number of amides is 2. The normalized spacial score (nSPS) is 11.2. The molecule has 1 aromatic heterocycles. The van der Waals surface area contributed by atoms with E-state index in [2.05, 4.69) is 11.9 Å². The second-order valence-corrected chi connectivity index (χ2v) is 9.32. The maximum absolute atomic E-state index is 12.5. The fourth-order valence-corrected chi connectivity index (χ4v) is 4.05. The fraction of sp³-hybridized carbons (Fsp3) is 0.263. The van der Waals surface area contributed by atoms with Crippen LogP contribution in [0.5, 0.6) is 0 Å². The Labute approximate surface area is 169 Å². The highest BCUT2D eigenvalue weighted by Crippen LogP contribution is 2.15. The van der Waals surface area contributed by atoms with Crippen LogP contribution in [0.4, 0.5) is 0 Å². The molecule has 0 bridgehead atoms. The van der Waals surface area contributed by atoms with Gasteiger partial charge in [0.1, 0.15) is 0 Å². The molecule has 0 radical (unpaired) electrons. The van der Waals surface area contributed by atoms with E-state index in [0.29, 0.717) is 13.1 Å². The van der Waals surface area contributed by atoms with Crippen molar-refractivity contribution >= 4 is 33.2 Å². The molecule has 2 rings (SSSR count). The molecule has 2 aromatic rings. The zero-order valence-corrected chi connectivity index (χ0v) is 17.4. The number of rotatable bonds is 9. The van der Waals surface area contributed by atoms with Crippen LogP contribution in [0, 0.1) is 0 Å². The van der Waals surface area contributed by atoms with Gasteiger partial charge in [-0.25, -0.2) is 12.7 Å². The van der Waals surface area contributed by atoms with E-state index in [-0.39, 0.29) is 22.9 Å². The van der Waals surface area contributed by atoms with E-state index in [4.69, 9.17) is 0 Å². The molecule has 2 amide bonds. The Balaban J connectivity index is 2.04. The molecule has 0 aliphatic rings. The monoisotopic (exact) mass is 421 g/mol. The van der Waals surface area contributed by atoms with Crippen molar-refractivity contribution in [2.75, 3.05) is 27.2 Å². The molecule has 1 heterocycles. The summed E-state index contributed by atoms with van der Waals surface area (Å²) in [6.07, 6.45) is 1.63. The Morgan fingerprint density at radius 1 is 1.21 bits per heavy atom. The Morgan fingerprint density at radius 3 is 2.57 bits per heavy atom. The molecule has 0 fully saturated rings. The van der Waals surface area contributed by atoms with Crippen LogP contribution in [0.25, 0.3) is 0 Å². The van der Waals surface area contributed by atoms with E-state index >= 15 is 0 Å². The SMILES string of the molecule is C=CCN(Cc1cccs1)C(=O)CNC(=O)c1cccc(S(=O)(=O)N(C)C)c1. The van der Waals surface area contributed by atoms with Gasteiger partial charge >= 0.3 is 0 Å². The van der Waals surface area contributed by atoms with E-state index in [0.717, 1.165) is 9.18 Å². The number of hydrogen-bond acceptors (Lipinski definition) is 5. The maximum atomic E-state index is 12.5. The van der Waals surface area contributed by atoms with Crippen molar-refractivity contribution in [1.82, 2.24) is 14.5 Å². The zero-order chi connectivity index (χ0) is 20.7. The van der Waals surface area contributed by atoms with Gasteiger partial charge in [0.25, 0.3) is 5.91 Å². The maximum Gasteiger partial charge on any atom is 0.251 e. The summed E-state index contributed by atoms with van der Waals surface area (Å²) in [6, 6.07) is 9.55. The number of thiophene rings is 1. The van der Waals surface area contributed by atoms with E-state index in [1.54, 1.807) is 22.3 Å². The lowest BCUT2D eigenvalue weighted by molar-refractivity contribution is -0.130. The summed E-state index contributed by atoms with van der Waals surface area (Å²) in [4.78, 5) is 27.5. The van der Waals surface area contributed by atoms with Gasteiger partial charge in [0.15, 0.2) is 0 Å². The molecule has 0 unspecified atom stereocenters. The molecule has 28 heavy (non-hydrogen) atoms. The molecule has 0 aliphatic carbocycles. The van der Waals surface area contributed by atoms with Gasteiger partial charge < -0.3 is 10.2 Å². The lowest BCUT2D eigenvalue weighted by Crippen LogP contribution is -2.39. The molecular weight excluding hydrogens is 398 g/mol.